The van der Waals surface area contributed by atoms with Crippen LogP contribution in [0, 0.1) is 47.8 Å². The molecule has 0 radical (unpaired) electrons. The van der Waals surface area contributed by atoms with Crippen molar-refractivity contribution in [2.75, 3.05) is 0 Å². The summed E-state index contributed by atoms with van der Waals surface area (Å²) in [5.74, 6) is 1.73. The maximum Gasteiger partial charge on any atom is 0.165 e. The van der Waals surface area contributed by atoms with Crippen LogP contribution in [0.3, 0.4) is 0 Å². The van der Waals surface area contributed by atoms with Crippen LogP contribution in [0.25, 0.3) is 61.1 Å². The first-order valence-corrected chi connectivity index (χ1v) is 14.3. The van der Waals surface area contributed by atoms with E-state index in [1.807, 2.05) is 80.6 Å². The molecule has 0 atom stereocenters. The van der Waals surface area contributed by atoms with Gasteiger partial charge in [-0.1, -0.05) is 48.5 Å². The van der Waals surface area contributed by atoms with Crippen molar-refractivity contribution in [3.05, 3.63) is 131 Å². The minimum absolute atomic E-state index is 0.502. The molecular weight excluding hydrogens is 554 g/mol. The Morgan fingerprint density at radius 2 is 1.27 bits per heavy atom. The Morgan fingerprint density at radius 1 is 0.533 bits per heavy atom. The monoisotopic (exact) mass is 577 g/mol. The Morgan fingerprint density at radius 3 is 2.04 bits per heavy atom. The zero-order valence-corrected chi connectivity index (χ0v) is 24.4. The number of aromatic nitrogens is 4. The first-order valence-electron chi connectivity index (χ1n) is 14.3. The second kappa shape index (κ2) is 10.9. The second-order valence-corrected chi connectivity index (χ2v) is 10.7. The Hall–Kier alpha value is -6.62. The molecule has 7 nitrogen and oxygen atoms in total. The summed E-state index contributed by atoms with van der Waals surface area (Å²) >= 11 is 0. The average Bonchev–Trinajstić information content (AvgIpc) is 3.40. The SMILES string of the molecule is Cc1nc(C)nc(-c2ccc(C#N)cc2-n2c3ccc(-c4cccc(C#N)c4)cc3c3ccc(-c4ccccc4C#N)cc32)n1. The summed E-state index contributed by atoms with van der Waals surface area (Å²) in [6.45, 7) is 3.67. The topological polar surface area (TPSA) is 115 Å². The average molecular weight is 578 g/mol. The predicted octanol–water partition coefficient (Wildman–Crippen LogP) is 8.20. The van der Waals surface area contributed by atoms with Gasteiger partial charge in [0.15, 0.2) is 5.82 Å². The number of aryl methyl sites for hydroxylation is 2. The number of benzene rings is 5. The zero-order valence-electron chi connectivity index (χ0n) is 24.4. The highest BCUT2D eigenvalue weighted by molar-refractivity contribution is 6.12. The van der Waals surface area contributed by atoms with E-state index in [9.17, 15) is 15.8 Å². The fraction of sp³-hybridized carbons (Fsp3) is 0.0526. The smallest absolute Gasteiger partial charge is 0.165 e. The minimum Gasteiger partial charge on any atom is -0.308 e. The molecule has 0 aliphatic carbocycles. The fourth-order valence-electron chi connectivity index (χ4n) is 5.94. The second-order valence-electron chi connectivity index (χ2n) is 10.7. The largest absolute Gasteiger partial charge is 0.308 e. The quantitative estimate of drug-likeness (QED) is 0.208. The lowest BCUT2D eigenvalue weighted by Gasteiger charge is -2.15. The molecule has 0 fully saturated rings. The van der Waals surface area contributed by atoms with Crippen LogP contribution in [0.2, 0.25) is 0 Å². The van der Waals surface area contributed by atoms with Crippen molar-refractivity contribution >= 4 is 21.8 Å². The number of nitriles is 3. The van der Waals surface area contributed by atoms with Gasteiger partial charge in [-0.05, 0) is 90.7 Å². The molecule has 0 saturated carbocycles. The van der Waals surface area contributed by atoms with E-state index >= 15 is 0 Å². The van der Waals surface area contributed by atoms with Gasteiger partial charge in [0.05, 0.1) is 51.6 Å². The molecule has 0 saturated heterocycles. The van der Waals surface area contributed by atoms with Crippen LogP contribution in [-0.4, -0.2) is 19.5 Å². The van der Waals surface area contributed by atoms with Crippen molar-refractivity contribution in [1.29, 1.82) is 15.8 Å². The third-order valence-corrected chi connectivity index (χ3v) is 7.92. The van der Waals surface area contributed by atoms with Gasteiger partial charge in [0.25, 0.3) is 0 Å². The van der Waals surface area contributed by atoms with Crippen molar-refractivity contribution in [3.63, 3.8) is 0 Å². The van der Waals surface area contributed by atoms with Gasteiger partial charge in [0.2, 0.25) is 0 Å². The van der Waals surface area contributed by atoms with E-state index < -0.39 is 0 Å². The first kappa shape index (κ1) is 27.2. The molecule has 7 aromatic rings. The van der Waals surface area contributed by atoms with Gasteiger partial charge in [0, 0.05) is 16.3 Å². The van der Waals surface area contributed by atoms with Crippen LogP contribution in [0.4, 0.5) is 0 Å². The third kappa shape index (κ3) is 4.74. The number of fused-ring (bicyclic) bond motifs is 3. The number of rotatable bonds is 4. The standard InChI is InChI=1S/C38H23N7/c1-23-42-24(2)44-38(43-23)33-13-10-26(21-40)17-36(33)45-35-15-12-28(27-8-5-6-25(16-27)20-39)18-34(35)32-14-11-29(19-37(32)45)31-9-4-3-7-30(31)22-41/h3-19H,1-2H3. The normalized spacial score (nSPS) is 10.8. The van der Waals surface area contributed by atoms with Crippen LogP contribution in [0.15, 0.2) is 103 Å². The van der Waals surface area contributed by atoms with Gasteiger partial charge in [-0.25, -0.2) is 15.0 Å². The number of hydrogen-bond acceptors (Lipinski definition) is 6. The molecule has 0 spiro atoms. The molecule has 0 bridgehead atoms. The molecule has 0 amide bonds. The van der Waals surface area contributed by atoms with Crippen LogP contribution in [0.1, 0.15) is 28.3 Å². The maximum atomic E-state index is 9.94. The number of hydrogen-bond donors (Lipinski definition) is 0. The van der Waals surface area contributed by atoms with Gasteiger partial charge < -0.3 is 4.57 Å². The highest BCUT2D eigenvalue weighted by Crippen LogP contribution is 2.39. The molecule has 210 valence electrons. The van der Waals surface area contributed by atoms with Gasteiger partial charge in [-0.2, -0.15) is 15.8 Å². The molecule has 0 aliphatic rings. The van der Waals surface area contributed by atoms with Crippen molar-refractivity contribution in [1.82, 2.24) is 19.5 Å². The summed E-state index contributed by atoms with van der Waals surface area (Å²) in [7, 11) is 0. The Bertz CT molecular complexity index is 2430. The van der Waals surface area contributed by atoms with Gasteiger partial charge in [0.1, 0.15) is 11.6 Å². The first-order chi connectivity index (χ1) is 22.0. The molecule has 2 aromatic heterocycles. The van der Waals surface area contributed by atoms with E-state index in [0.717, 1.165) is 55.3 Å². The van der Waals surface area contributed by atoms with Gasteiger partial charge in [-0.3, -0.25) is 0 Å². The molecule has 7 heteroatoms. The summed E-state index contributed by atoms with van der Waals surface area (Å²) in [6, 6.07) is 39.9. The summed E-state index contributed by atoms with van der Waals surface area (Å²) in [5, 5.41) is 31.3. The molecule has 0 unspecified atom stereocenters. The van der Waals surface area contributed by atoms with Crippen LogP contribution in [0.5, 0.6) is 0 Å². The third-order valence-electron chi connectivity index (χ3n) is 7.92. The van der Waals surface area contributed by atoms with E-state index in [4.69, 9.17) is 0 Å². The highest BCUT2D eigenvalue weighted by Gasteiger charge is 2.20. The van der Waals surface area contributed by atoms with E-state index in [2.05, 4.69) is 62.0 Å². The Balaban J connectivity index is 1.58. The van der Waals surface area contributed by atoms with Crippen LogP contribution >= 0.6 is 0 Å². The van der Waals surface area contributed by atoms with Gasteiger partial charge in [-0.15, -0.1) is 0 Å². The lowest BCUT2D eigenvalue weighted by atomic mass is 9.98. The fourth-order valence-corrected chi connectivity index (χ4v) is 5.94. The Labute approximate surface area is 259 Å². The predicted molar refractivity (Wildman–Crippen MR) is 174 cm³/mol. The van der Waals surface area contributed by atoms with Crippen molar-refractivity contribution < 1.29 is 0 Å². The maximum absolute atomic E-state index is 9.94. The number of nitrogens with zero attached hydrogens (tertiary/aromatic N) is 7. The molecule has 7 rings (SSSR count). The molecule has 5 aromatic carbocycles. The van der Waals surface area contributed by atoms with Crippen molar-refractivity contribution in [2.24, 2.45) is 0 Å². The van der Waals surface area contributed by atoms with E-state index in [-0.39, 0.29) is 0 Å². The molecule has 0 N–H and O–H groups in total. The molecule has 2 heterocycles. The zero-order chi connectivity index (χ0) is 31.1. The summed E-state index contributed by atoms with van der Waals surface area (Å²) in [5.41, 5.74) is 8.68. The Kier molecular flexibility index (Phi) is 6.59. The highest BCUT2D eigenvalue weighted by atomic mass is 15.0. The van der Waals surface area contributed by atoms with E-state index in [1.165, 1.54) is 0 Å². The molecular formula is C38H23N7. The molecule has 45 heavy (non-hydrogen) atoms. The van der Waals surface area contributed by atoms with Crippen molar-refractivity contribution in [3.8, 4) is 57.5 Å². The van der Waals surface area contributed by atoms with Crippen molar-refractivity contribution in [2.45, 2.75) is 13.8 Å². The van der Waals surface area contributed by atoms with E-state index in [1.54, 1.807) is 12.1 Å². The summed E-state index contributed by atoms with van der Waals surface area (Å²) in [6.07, 6.45) is 0. The van der Waals surface area contributed by atoms with Crippen LogP contribution in [-0.2, 0) is 0 Å². The summed E-state index contributed by atoms with van der Waals surface area (Å²) in [4.78, 5) is 13.7. The minimum atomic E-state index is 0.502. The lowest BCUT2D eigenvalue weighted by Crippen LogP contribution is -2.03. The van der Waals surface area contributed by atoms with Gasteiger partial charge >= 0.3 is 0 Å². The lowest BCUT2D eigenvalue weighted by molar-refractivity contribution is 0.926. The molecule has 0 aliphatic heterocycles. The van der Waals surface area contributed by atoms with Crippen LogP contribution < -0.4 is 0 Å². The summed E-state index contributed by atoms with van der Waals surface area (Å²) < 4.78 is 2.14. The van der Waals surface area contributed by atoms with E-state index in [0.29, 0.717) is 34.2 Å².